The molecule has 0 bridgehead atoms. The van der Waals surface area contributed by atoms with Gasteiger partial charge in [-0.2, -0.15) is 0 Å². The van der Waals surface area contributed by atoms with Gasteiger partial charge in [0.15, 0.2) is 0 Å². The van der Waals surface area contributed by atoms with Crippen LogP contribution in [0.2, 0.25) is 5.02 Å². The van der Waals surface area contributed by atoms with Crippen LogP contribution in [0.25, 0.3) is 0 Å². The molecule has 0 aliphatic rings. The third kappa shape index (κ3) is 3.96. The second kappa shape index (κ2) is 6.13. The van der Waals surface area contributed by atoms with Crippen molar-refractivity contribution in [2.75, 3.05) is 5.32 Å². The van der Waals surface area contributed by atoms with E-state index in [1.807, 2.05) is 18.2 Å². The average molecular weight is 376 g/mol. The van der Waals surface area contributed by atoms with Gasteiger partial charge in [-0.3, -0.25) is 0 Å². The monoisotopic (exact) mass is 374 g/mol. The highest BCUT2D eigenvalue weighted by molar-refractivity contribution is 9.10. The zero-order chi connectivity index (χ0) is 14.8. The standard InChI is InChI=1S/C13H12BrClN2O2S/c14-10-1-6-13(15)9(7-10)8-17-11-2-4-12(5-3-11)20(16,18)19/h1-7,17H,8H2,(H2,16,18,19). The highest BCUT2D eigenvalue weighted by Gasteiger charge is 2.07. The highest BCUT2D eigenvalue weighted by Crippen LogP contribution is 2.22. The SMILES string of the molecule is NS(=O)(=O)c1ccc(NCc2cc(Br)ccc2Cl)cc1. The van der Waals surface area contributed by atoms with Gasteiger partial charge >= 0.3 is 0 Å². The maximum Gasteiger partial charge on any atom is 0.238 e. The predicted molar refractivity (Wildman–Crippen MR) is 84.3 cm³/mol. The highest BCUT2D eigenvalue weighted by atomic mass is 79.9. The first-order valence-corrected chi connectivity index (χ1v) is 8.38. The molecule has 0 aliphatic heterocycles. The fraction of sp³-hybridized carbons (Fsp3) is 0.0769. The van der Waals surface area contributed by atoms with Gasteiger partial charge < -0.3 is 5.32 Å². The quantitative estimate of drug-likeness (QED) is 0.860. The summed E-state index contributed by atoms with van der Waals surface area (Å²) < 4.78 is 23.2. The van der Waals surface area contributed by atoms with Crippen molar-refractivity contribution in [1.82, 2.24) is 0 Å². The van der Waals surface area contributed by atoms with Gasteiger partial charge in [0.25, 0.3) is 0 Å². The summed E-state index contributed by atoms with van der Waals surface area (Å²) in [7, 11) is -3.65. The van der Waals surface area contributed by atoms with Gasteiger partial charge in [0, 0.05) is 21.7 Å². The number of hydrogen-bond donors (Lipinski definition) is 2. The van der Waals surface area contributed by atoms with E-state index in [4.69, 9.17) is 16.7 Å². The van der Waals surface area contributed by atoms with Crippen molar-refractivity contribution in [1.29, 1.82) is 0 Å². The first-order valence-electron chi connectivity index (χ1n) is 5.67. The van der Waals surface area contributed by atoms with Crippen molar-refractivity contribution >= 4 is 43.2 Å². The number of benzene rings is 2. The van der Waals surface area contributed by atoms with Gasteiger partial charge in [-0.25, -0.2) is 13.6 Å². The normalized spacial score (nSPS) is 11.3. The molecular weight excluding hydrogens is 364 g/mol. The minimum absolute atomic E-state index is 0.0866. The zero-order valence-electron chi connectivity index (χ0n) is 10.3. The van der Waals surface area contributed by atoms with E-state index in [9.17, 15) is 8.42 Å². The zero-order valence-corrected chi connectivity index (χ0v) is 13.5. The van der Waals surface area contributed by atoms with Crippen molar-refractivity contribution in [3.63, 3.8) is 0 Å². The Morgan fingerprint density at radius 3 is 2.40 bits per heavy atom. The molecule has 3 N–H and O–H groups in total. The van der Waals surface area contributed by atoms with Crippen molar-refractivity contribution in [3.05, 3.63) is 57.5 Å². The molecule has 0 amide bonds. The van der Waals surface area contributed by atoms with Crippen LogP contribution in [-0.2, 0) is 16.6 Å². The Morgan fingerprint density at radius 2 is 1.80 bits per heavy atom. The molecule has 2 rings (SSSR count). The second-order valence-electron chi connectivity index (χ2n) is 4.16. The number of anilines is 1. The third-order valence-electron chi connectivity index (χ3n) is 2.67. The molecule has 4 nitrogen and oxygen atoms in total. The molecule has 0 aromatic heterocycles. The van der Waals surface area contributed by atoms with Gasteiger partial charge in [-0.15, -0.1) is 0 Å². The van der Waals surface area contributed by atoms with Gasteiger partial charge in [0.05, 0.1) is 4.90 Å². The first kappa shape index (κ1) is 15.3. The molecular formula is C13H12BrClN2O2S. The molecule has 2 aromatic carbocycles. The summed E-state index contributed by atoms with van der Waals surface area (Å²) in [6.07, 6.45) is 0. The van der Waals surface area contributed by atoms with E-state index in [1.54, 1.807) is 12.1 Å². The van der Waals surface area contributed by atoms with Crippen LogP contribution >= 0.6 is 27.5 Å². The van der Waals surface area contributed by atoms with Crippen LogP contribution in [-0.4, -0.2) is 8.42 Å². The van der Waals surface area contributed by atoms with Gasteiger partial charge in [0.1, 0.15) is 0 Å². The van der Waals surface area contributed by atoms with E-state index in [2.05, 4.69) is 21.2 Å². The Hall–Kier alpha value is -1.08. The number of primary sulfonamides is 1. The molecule has 20 heavy (non-hydrogen) atoms. The summed E-state index contributed by atoms with van der Waals surface area (Å²) in [5.41, 5.74) is 1.73. The molecule has 0 spiro atoms. The largest absolute Gasteiger partial charge is 0.381 e. The maximum atomic E-state index is 11.1. The van der Waals surface area contributed by atoms with Crippen molar-refractivity contribution in [2.24, 2.45) is 5.14 Å². The minimum atomic E-state index is -3.65. The van der Waals surface area contributed by atoms with E-state index in [0.717, 1.165) is 15.7 Å². The Bertz CT molecular complexity index is 718. The van der Waals surface area contributed by atoms with E-state index in [0.29, 0.717) is 11.6 Å². The third-order valence-corrected chi connectivity index (χ3v) is 4.46. The summed E-state index contributed by atoms with van der Waals surface area (Å²) in [6, 6.07) is 11.8. The van der Waals surface area contributed by atoms with Gasteiger partial charge in [-0.05, 0) is 48.0 Å². The molecule has 0 saturated heterocycles. The van der Waals surface area contributed by atoms with Crippen molar-refractivity contribution < 1.29 is 8.42 Å². The Labute approximate surface area is 131 Å². The number of nitrogens with two attached hydrogens (primary N) is 1. The smallest absolute Gasteiger partial charge is 0.238 e. The number of sulfonamides is 1. The lowest BCUT2D eigenvalue weighted by Crippen LogP contribution is -2.12. The summed E-state index contributed by atoms with van der Waals surface area (Å²) in [5.74, 6) is 0. The molecule has 0 heterocycles. The van der Waals surface area contributed by atoms with E-state index in [-0.39, 0.29) is 4.90 Å². The molecule has 0 saturated carbocycles. The van der Waals surface area contributed by atoms with Crippen LogP contribution in [0, 0.1) is 0 Å². The van der Waals surface area contributed by atoms with Crippen molar-refractivity contribution in [3.8, 4) is 0 Å². The van der Waals surface area contributed by atoms with Crippen LogP contribution < -0.4 is 10.5 Å². The fourth-order valence-corrected chi connectivity index (χ4v) is 2.75. The lowest BCUT2D eigenvalue weighted by Gasteiger charge is -2.09. The van der Waals surface area contributed by atoms with Crippen LogP contribution in [0.5, 0.6) is 0 Å². The van der Waals surface area contributed by atoms with Crippen LogP contribution in [0.15, 0.2) is 51.8 Å². The predicted octanol–water partition coefficient (Wildman–Crippen LogP) is 3.36. The lowest BCUT2D eigenvalue weighted by molar-refractivity contribution is 0.598. The minimum Gasteiger partial charge on any atom is -0.381 e. The Morgan fingerprint density at radius 1 is 1.15 bits per heavy atom. The number of halogens is 2. The molecule has 2 aromatic rings. The Kier molecular flexibility index (Phi) is 4.70. The lowest BCUT2D eigenvalue weighted by atomic mass is 10.2. The summed E-state index contributed by atoms with van der Waals surface area (Å²) in [4.78, 5) is 0.0866. The van der Waals surface area contributed by atoms with Crippen LogP contribution in [0.3, 0.4) is 0 Å². The molecule has 0 atom stereocenters. The second-order valence-corrected chi connectivity index (χ2v) is 7.04. The number of hydrogen-bond acceptors (Lipinski definition) is 3. The fourth-order valence-electron chi connectivity index (χ4n) is 1.64. The molecule has 106 valence electrons. The molecule has 0 aliphatic carbocycles. The molecule has 0 unspecified atom stereocenters. The van der Waals surface area contributed by atoms with Crippen LogP contribution in [0.1, 0.15) is 5.56 Å². The Balaban J connectivity index is 2.10. The van der Waals surface area contributed by atoms with Crippen LogP contribution in [0.4, 0.5) is 5.69 Å². The maximum absolute atomic E-state index is 11.1. The van der Waals surface area contributed by atoms with Gasteiger partial charge in [-0.1, -0.05) is 27.5 Å². The number of rotatable bonds is 4. The van der Waals surface area contributed by atoms with E-state index >= 15 is 0 Å². The summed E-state index contributed by atoms with van der Waals surface area (Å²) in [5, 5.41) is 8.87. The average Bonchev–Trinajstić information content (AvgIpc) is 2.39. The summed E-state index contributed by atoms with van der Waals surface area (Å²) >= 11 is 9.48. The van der Waals surface area contributed by atoms with E-state index < -0.39 is 10.0 Å². The molecule has 7 heteroatoms. The summed E-state index contributed by atoms with van der Waals surface area (Å²) in [6.45, 7) is 0.535. The van der Waals surface area contributed by atoms with E-state index in [1.165, 1.54) is 12.1 Å². The van der Waals surface area contributed by atoms with Gasteiger partial charge in [0.2, 0.25) is 10.0 Å². The molecule has 0 radical (unpaired) electrons. The number of nitrogens with one attached hydrogen (secondary N) is 1. The topological polar surface area (TPSA) is 72.2 Å². The first-order chi connectivity index (χ1) is 9.36. The van der Waals surface area contributed by atoms with Crippen molar-refractivity contribution in [2.45, 2.75) is 11.4 Å². The molecule has 0 fully saturated rings.